The maximum absolute atomic E-state index is 13.6. The summed E-state index contributed by atoms with van der Waals surface area (Å²) in [7, 11) is 1.59. The Kier molecular flexibility index (Phi) is 9.54. The molecule has 7 aromatic rings. The van der Waals surface area contributed by atoms with Crippen LogP contribution in [0.5, 0.6) is 17.2 Å². The molecule has 0 aliphatic rings. The average molecular weight is 700 g/mol. The number of benzene rings is 4. The van der Waals surface area contributed by atoms with E-state index in [0.717, 1.165) is 27.9 Å². The molecule has 0 saturated heterocycles. The number of halogens is 1. The third-order valence-corrected chi connectivity index (χ3v) is 9.00. The number of thiazole rings is 1. The Labute approximate surface area is 296 Å². The Bertz CT molecular complexity index is 2450. The Morgan fingerprint density at radius 1 is 0.900 bits per heavy atom. The zero-order valence-corrected chi connectivity index (χ0v) is 28.5. The maximum atomic E-state index is 13.6. The normalized spacial score (nSPS) is 11.8. The van der Waals surface area contributed by atoms with Gasteiger partial charge in [-0.25, -0.2) is 4.68 Å². The zero-order valence-electron chi connectivity index (χ0n) is 26.9. The minimum absolute atomic E-state index is 0.266. The largest absolute Gasteiger partial charge is 0.493 e. The van der Waals surface area contributed by atoms with Crippen LogP contribution in [0.2, 0.25) is 5.02 Å². The molecular formula is C39H30ClN5O4S. The SMILES string of the molecule is C=CCOc1ccc(/C=C/c2nc3s/c(=C\c4cn(-c5ccccc5)nc4-c4cccc(OCc5ccccc5Cl)c4)c(=O)n3n2)cc1OC. The third-order valence-electron chi connectivity index (χ3n) is 7.68. The van der Waals surface area contributed by atoms with Crippen LogP contribution in [0.4, 0.5) is 0 Å². The molecule has 9 nitrogen and oxygen atoms in total. The molecule has 0 aliphatic carbocycles. The monoisotopic (exact) mass is 699 g/mol. The van der Waals surface area contributed by atoms with Gasteiger partial charge in [0.2, 0.25) is 4.96 Å². The molecule has 11 heteroatoms. The predicted octanol–water partition coefficient (Wildman–Crippen LogP) is 7.53. The van der Waals surface area contributed by atoms with Crippen molar-refractivity contribution in [3.8, 4) is 34.2 Å². The molecule has 0 atom stereocenters. The van der Waals surface area contributed by atoms with Gasteiger partial charge in [0.1, 0.15) is 24.7 Å². The van der Waals surface area contributed by atoms with Crippen molar-refractivity contribution in [2.24, 2.45) is 0 Å². The molecule has 248 valence electrons. The van der Waals surface area contributed by atoms with Crippen molar-refractivity contribution >= 4 is 46.1 Å². The zero-order chi connectivity index (χ0) is 34.5. The van der Waals surface area contributed by atoms with E-state index >= 15 is 0 Å². The number of methoxy groups -OCH3 is 1. The fraction of sp³-hybridized carbons (Fsp3) is 0.0769. The number of para-hydroxylation sites is 1. The van der Waals surface area contributed by atoms with E-state index in [1.165, 1.54) is 15.9 Å². The second-order valence-electron chi connectivity index (χ2n) is 11.0. The van der Waals surface area contributed by atoms with Crippen LogP contribution in [0.1, 0.15) is 22.5 Å². The first kappa shape index (κ1) is 32.6. The second kappa shape index (κ2) is 14.7. The molecule has 3 aromatic heterocycles. The number of nitrogens with zero attached hydrogens (tertiary/aromatic N) is 5. The molecule has 0 bridgehead atoms. The topological polar surface area (TPSA) is 92.8 Å². The molecule has 50 heavy (non-hydrogen) atoms. The van der Waals surface area contributed by atoms with Gasteiger partial charge in [-0.2, -0.15) is 14.6 Å². The Balaban J connectivity index is 1.20. The first-order valence-electron chi connectivity index (χ1n) is 15.6. The molecule has 0 N–H and O–H groups in total. The summed E-state index contributed by atoms with van der Waals surface area (Å²) in [5.74, 6) is 2.30. The lowest BCUT2D eigenvalue weighted by molar-refractivity contribution is 0.306. The van der Waals surface area contributed by atoms with Crippen LogP contribution in [0.3, 0.4) is 0 Å². The lowest BCUT2D eigenvalue weighted by Crippen LogP contribution is -2.23. The van der Waals surface area contributed by atoms with E-state index in [9.17, 15) is 4.79 Å². The van der Waals surface area contributed by atoms with Gasteiger partial charge in [0, 0.05) is 27.9 Å². The van der Waals surface area contributed by atoms with Gasteiger partial charge in [0.25, 0.3) is 5.56 Å². The summed E-state index contributed by atoms with van der Waals surface area (Å²) < 4.78 is 20.8. The summed E-state index contributed by atoms with van der Waals surface area (Å²) in [6.07, 6.45) is 9.03. The highest BCUT2D eigenvalue weighted by Crippen LogP contribution is 2.30. The van der Waals surface area contributed by atoms with Gasteiger partial charge in [-0.1, -0.05) is 96.3 Å². The van der Waals surface area contributed by atoms with Crippen molar-refractivity contribution < 1.29 is 14.2 Å². The van der Waals surface area contributed by atoms with Crippen LogP contribution in [-0.4, -0.2) is 38.1 Å². The summed E-state index contributed by atoms with van der Waals surface area (Å²) in [6.45, 7) is 4.38. The highest BCUT2D eigenvalue weighted by atomic mass is 35.5. The number of rotatable bonds is 12. The predicted molar refractivity (Wildman–Crippen MR) is 198 cm³/mol. The summed E-state index contributed by atoms with van der Waals surface area (Å²) >= 11 is 7.61. The van der Waals surface area contributed by atoms with Crippen molar-refractivity contribution in [3.05, 3.63) is 158 Å². The van der Waals surface area contributed by atoms with Gasteiger partial charge in [0.15, 0.2) is 17.3 Å². The minimum Gasteiger partial charge on any atom is -0.493 e. The number of hydrogen-bond acceptors (Lipinski definition) is 8. The summed E-state index contributed by atoms with van der Waals surface area (Å²) in [6, 6.07) is 30.7. The Morgan fingerprint density at radius 2 is 1.74 bits per heavy atom. The van der Waals surface area contributed by atoms with Crippen LogP contribution in [0.25, 0.3) is 40.1 Å². The van der Waals surface area contributed by atoms with Crippen molar-refractivity contribution in [1.29, 1.82) is 0 Å². The van der Waals surface area contributed by atoms with E-state index < -0.39 is 0 Å². The third kappa shape index (κ3) is 7.07. The fourth-order valence-corrected chi connectivity index (χ4v) is 6.32. The molecule has 0 saturated carbocycles. The lowest BCUT2D eigenvalue weighted by atomic mass is 10.1. The summed E-state index contributed by atoms with van der Waals surface area (Å²) in [5.41, 5.74) is 4.66. The van der Waals surface area contributed by atoms with Crippen molar-refractivity contribution in [1.82, 2.24) is 24.4 Å². The molecule has 0 radical (unpaired) electrons. The maximum Gasteiger partial charge on any atom is 0.291 e. The van der Waals surface area contributed by atoms with Gasteiger partial charge in [-0.05, 0) is 60.2 Å². The molecule has 0 fully saturated rings. The van der Waals surface area contributed by atoms with Gasteiger partial charge >= 0.3 is 0 Å². The van der Waals surface area contributed by atoms with Crippen molar-refractivity contribution in [3.63, 3.8) is 0 Å². The van der Waals surface area contributed by atoms with Gasteiger partial charge < -0.3 is 14.2 Å². The van der Waals surface area contributed by atoms with Crippen LogP contribution in [-0.2, 0) is 6.61 Å². The Morgan fingerprint density at radius 3 is 2.54 bits per heavy atom. The molecule has 0 aliphatic heterocycles. The standard InChI is InChI=1S/C39H30ClN5O4S/c1-3-20-48-33-18-16-26(21-34(33)47-2)17-19-36-41-39-45(42-36)38(46)35(50-39)23-29-24-44(30-12-5-4-6-13-30)43-37(29)27-11-9-14-31(22-27)49-25-28-10-7-8-15-32(28)40/h3-19,21-24H,1,20,25H2,2H3/b19-17+,35-23-. The van der Waals surface area contributed by atoms with Crippen LogP contribution >= 0.6 is 22.9 Å². The first-order chi connectivity index (χ1) is 24.5. The first-order valence-corrected chi connectivity index (χ1v) is 16.8. The van der Waals surface area contributed by atoms with Gasteiger partial charge in [-0.15, -0.1) is 5.10 Å². The average Bonchev–Trinajstić information content (AvgIpc) is 3.84. The highest BCUT2D eigenvalue weighted by molar-refractivity contribution is 7.15. The smallest absolute Gasteiger partial charge is 0.291 e. The molecule has 0 unspecified atom stereocenters. The lowest BCUT2D eigenvalue weighted by Gasteiger charge is -2.09. The Hall–Kier alpha value is -5.97. The van der Waals surface area contributed by atoms with E-state index in [-0.39, 0.29) is 5.56 Å². The van der Waals surface area contributed by atoms with E-state index in [1.54, 1.807) is 23.9 Å². The van der Waals surface area contributed by atoms with E-state index in [0.29, 0.717) is 56.5 Å². The van der Waals surface area contributed by atoms with Crippen LogP contribution in [0.15, 0.2) is 121 Å². The number of ether oxygens (including phenoxy) is 3. The number of fused-ring (bicyclic) bond motifs is 1. The molecular weight excluding hydrogens is 670 g/mol. The fourth-order valence-electron chi connectivity index (χ4n) is 5.23. The minimum atomic E-state index is -0.266. The van der Waals surface area contributed by atoms with Crippen LogP contribution < -0.4 is 24.3 Å². The molecule has 0 spiro atoms. The van der Waals surface area contributed by atoms with Gasteiger partial charge in [-0.3, -0.25) is 4.79 Å². The van der Waals surface area contributed by atoms with Gasteiger partial charge in [0.05, 0.1) is 17.3 Å². The van der Waals surface area contributed by atoms with Crippen molar-refractivity contribution in [2.75, 3.05) is 13.7 Å². The second-order valence-corrected chi connectivity index (χ2v) is 12.5. The molecule has 3 heterocycles. The van der Waals surface area contributed by atoms with Crippen LogP contribution in [0, 0.1) is 0 Å². The number of hydrogen-bond donors (Lipinski definition) is 0. The molecule has 4 aromatic carbocycles. The summed E-state index contributed by atoms with van der Waals surface area (Å²) in [5, 5.41) is 10.1. The quantitative estimate of drug-likeness (QED) is 0.122. The van der Waals surface area contributed by atoms with Crippen molar-refractivity contribution in [2.45, 2.75) is 6.61 Å². The van der Waals surface area contributed by atoms with E-state index in [4.69, 9.17) is 30.9 Å². The van der Waals surface area contributed by atoms with E-state index in [1.807, 2.05) is 115 Å². The molecule has 7 rings (SSSR count). The molecule has 0 amide bonds. The highest BCUT2D eigenvalue weighted by Gasteiger charge is 2.15. The van der Waals surface area contributed by atoms with E-state index in [2.05, 4.69) is 16.7 Å². The number of aromatic nitrogens is 5. The summed E-state index contributed by atoms with van der Waals surface area (Å²) in [4.78, 5) is 18.7.